The predicted octanol–water partition coefficient (Wildman–Crippen LogP) is 5.15. The van der Waals surface area contributed by atoms with Crippen molar-refractivity contribution < 1.29 is 0 Å². The Kier molecular flexibility index (Phi) is 4.73. The van der Waals surface area contributed by atoms with E-state index in [0.29, 0.717) is 5.41 Å². The molecule has 0 fully saturated rings. The van der Waals surface area contributed by atoms with Crippen LogP contribution in [-0.2, 0) is 0 Å². The van der Waals surface area contributed by atoms with Crippen molar-refractivity contribution in [3.05, 3.63) is 59.8 Å². The van der Waals surface area contributed by atoms with Crippen LogP contribution in [0.15, 0.2) is 59.2 Å². The molecule has 1 atom stereocenters. The number of allylic oxidation sites excluding steroid dienone is 3. The maximum atomic E-state index is 4.55. The lowest BCUT2D eigenvalue weighted by atomic mass is 9.79. The predicted molar refractivity (Wildman–Crippen MR) is 83.5 cm³/mol. The SMILES string of the molecule is CCCCC1(C)C=CC(N=Cc2ccccc2)=CC1. The summed E-state index contributed by atoms with van der Waals surface area (Å²) in [5, 5.41) is 0. The smallest absolute Gasteiger partial charge is 0.0587 e. The van der Waals surface area contributed by atoms with Gasteiger partial charge >= 0.3 is 0 Å². The summed E-state index contributed by atoms with van der Waals surface area (Å²) in [4.78, 5) is 4.55. The Labute approximate surface area is 116 Å². The van der Waals surface area contributed by atoms with Crippen LogP contribution in [0.2, 0.25) is 0 Å². The number of aliphatic imine (C=N–C) groups is 1. The number of hydrogen-bond acceptors (Lipinski definition) is 1. The molecule has 1 unspecified atom stereocenters. The van der Waals surface area contributed by atoms with E-state index < -0.39 is 0 Å². The quantitative estimate of drug-likeness (QED) is 0.644. The third-order valence-electron chi connectivity index (χ3n) is 3.70. The van der Waals surface area contributed by atoms with Gasteiger partial charge in [0.1, 0.15) is 0 Å². The Hall–Kier alpha value is -1.63. The third-order valence-corrected chi connectivity index (χ3v) is 3.70. The minimum Gasteiger partial charge on any atom is -0.257 e. The molecule has 0 amide bonds. The zero-order chi connectivity index (χ0) is 13.6. The molecule has 0 spiro atoms. The molecule has 0 heterocycles. The molecule has 0 radical (unpaired) electrons. The Bertz CT molecular complexity index is 482. The van der Waals surface area contributed by atoms with Gasteiger partial charge in [0.2, 0.25) is 0 Å². The van der Waals surface area contributed by atoms with E-state index in [4.69, 9.17) is 0 Å². The number of hydrogen-bond donors (Lipinski definition) is 0. The van der Waals surface area contributed by atoms with Crippen molar-refractivity contribution in [3.63, 3.8) is 0 Å². The number of nitrogens with zero attached hydrogens (tertiary/aromatic N) is 1. The number of rotatable bonds is 5. The molecule has 1 nitrogen and oxygen atoms in total. The summed E-state index contributed by atoms with van der Waals surface area (Å²) in [5.74, 6) is 0. The van der Waals surface area contributed by atoms with Crippen molar-refractivity contribution in [2.75, 3.05) is 0 Å². The molecule has 0 N–H and O–H groups in total. The Morgan fingerprint density at radius 3 is 2.68 bits per heavy atom. The van der Waals surface area contributed by atoms with Gasteiger partial charge in [0.15, 0.2) is 0 Å². The van der Waals surface area contributed by atoms with E-state index in [9.17, 15) is 0 Å². The van der Waals surface area contributed by atoms with Gasteiger partial charge in [0.25, 0.3) is 0 Å². The summed E-state index contributed by atoms with van der Waals surface area (Å²) < 4.78 is 0. The second-order valence-corrected chi connectivity index (χ2v) is 5.59. The largest absolute Gasteiger partial charge is 0.257 e. The second kappa shape index (κ2) is 6.51. The zero-order valence-electron chi connectivity index (χ0n) is 12.0. The van der Waals surface area contributed by atoms with E-state index in [1.54, 1.807) is 0 Å². The molecule has 0 aliphatic heterocycles. The molecule has 1 aliphatic carbocycles. The van der Waals surface area contributed by atoms with Crippen LogP contribution in [0.5, 0.6) is 0 Å². The lowest BCUT2D eigenvalue weighted by molar-refractivity contribution is 0.377. The fourth-order valence-corrected chi connectivity index (χ4v) is 2.31. The van der Waals surface area contributed by atoms with Gasteiger partial charge in [-0.25, -0.2) is 0 Å². The van der Waals surface area contributed by atoms with Crippen LogP contribution in [0.1, 0.15) is 45.1 Å². The molecule has 0 saturated carbocycles. The fraction of sp³-hybridized carbons (Fsp3) is 0.389. The van der Waals surface area contributed by atoms with Gasteiger partial charge in [-0.3, -0.25) is 4.99 Å². The molecule has 1 aromatic carbocycles. The summed E-state index contributed by atoms with van der Waals surface area (Å²) in [6, 6.07) is 10.2. The Balaban J connectivity index is 1.95. The first-order chi connectivity index (χ1) is 9.22. The van der Waals surface area contributed by atoms with Crippen LogP contribution in [0.4, 0.5) is 0 Å². The molecule has 100 valence electrons. The Morgan fingerprint density at radius 1 is 1.26 bits per heavy atom. The topological polar surface area (TPSA) is 12.4 Å². The minimum absolute atomic E-state index is 0.335. The van der Waals surface area contributed by atoms with Gasteiger partial charge < -0.3 is 0 Å². The number of unbranched alkanes of at least 4 members (excludes halogenated alkanes) is 1. The van der Waals surface area contributed by atoms with E-state index in [1.165, 1.54) is 19.3 Å². The van der Waals surface area contributed by atoms with Crippen molar-refractivity contribution in [3.8, 4) is 0 Å². The summed E-state index contributed by atoms with van der Waals surface area (Å²) in [7, 11) is 0. The molecular weight excluding hydrogens is 230 g/mol. The molecule has 0 bridgehead atoms. The van der Waals surface area contributed by atoms with E-state index in [1.807, 2.05) is 24.4 Å². The van der Waals surface area contributed by atoms with Crippen LogP contribution >= 0.6 is 0 Å². The van der Waals surface area contributed by atoms with E-state index >= 15 is 0 Å². The molecular formula is C18H23N. The highest BCUT2D eigenvalue weighted by Gasteiger charge is 2.21. The summed E-state index contributed by atoms with van der Waals surface area (Å²) in [6.07, 6.45) is 13.6. The molecule has 0 saturated heterocycles. The van der Waals surface area contributed by atoms with Gasteiger partial charge in [0.05, 0.1) is 5.70 Å². The van der Waals surface area contributed by atoms with Crippen LogP contribution in [0.3, 0.4) is 0 Å². The van der Waals surface area contributed by atoms with Crippen molar-refractivity contribution in [2.45, 2.75) is 39.5 Å². The average molecular weight is 253 g/mol. The molecule has 1 aromatic rings. The fourth-order valence-electron chi connectivity index (χ4n) is 2.31. The van der Waals surface area contributed by atoms with Gasteiger partial charge in [-0.2, -0.15) is 0 Å². The summed E-state index contributed by atoms with van der Waals surface area (Å²) in [6.45, 7) is 4.59. The lowest BCUT2D eigenvalue weighted by Gasteiger charge is -2.27. The molecule has 1 aliphatic rings. The highest BCUT2D eigenvalue weighted by molar-refractivity contribution is 5.80. The van der Waals surface area contributed by atoms with Gasteiger partial charge in [-0.1, -0.05) is 69.2 Å². The second-order valence-electron chi connectivity index (χ2n) is 5.59. The Morgan fingerprint density at radius 2 is 2.05 bits per heavy atom. The van der Waals surface area contributed by atoms with E-state index in [2.05, 4.69) is 49.2 Å². The highest BCUT2D eigenvalue weighted by atomic mass is 14.7. The molecule has 1 heteroatoms. The maximum absolute atomic E-state index is 4.55. The summed E-state index contributed by atoms with van der Waals surface area (Å²) >= 11 is 0. The summed E-state index contributed by atoms with van der Waals surface area (Å²) in [5.41, 5.74) is 2.57. The van der Waals surface area contributed by atoms with Gasteiger partial charge in [0, 0.05) is 6.21 Å². The molecule has 19 heavy (non-hydrogen) atoms. The van der Waals surface area contributed by atoms with Crippen LogP contribution in [0.25, 0.3) is 0 Å². The van der Waals surface area contributed by atoms with Crippen molar-refractivity contribution in [2.24, 2.45) is 10.4 Å². The normalized spacial score (nSPS) is 22.7. The maximum Gasteiger partial charge on any atom is 0.0587 e. The van der Waals surface area contributed by atoms with E-state index in [0.717, 1.165) is 17.7 Å². The van der Waals surface area contributed by atoms with Crippen molar-refractivity contribution in [1.82, 2.24) is 0 Å². The van der Waals surface area contributed by atoms with Crippen molar-refractivity contribution >= 4 is 6.21 Å². The average Bonchev–Trinajstić information content (AvgIpc) is 2.46. The monoisotopic (exact) mass is 253 g/mol. The minimum atomic E-state index is 0.335. The van der Waals surface area contributed by atoms with Crippen LogP contribution < -0.4 is 0 Å². The lowest BCUT2D eigenvalue weighted by Crippen LogP contribution is -2.14. The van der Waals surface area contributed by atoms with Gasteiger partial charge in [-0.15, -0.1) is 0 Å². The van der Waals surface area contributed by atoms with Gasteiger partial charge in [-0.05, 0) is 29.9 Å². The molecule has 0 aromatic heterocycles. The first kappa shape index (κ1) is 13.8. The number of benzene rings is 1. The van der Waals surface area contributed by atoms with Crippen molar-refractivity contribution in [1.29, 1.82) is 0 Å². The molecule has 2 rings (SSSR count). The van der Waals surface area contributed by atoms with E-state index in [-0.39, 0.29) is 0 Å². The van der Waals surface area contributed by atoms with Crippen LogP contribution in [-0.4, -0.2) is 6.21 Å². The van der Waals surface area contributed by atoms with Crippen LogP contribution in [0, 0.1) is 5.41 Å². The third kappa shape index (κ3) is 4.20. The first-order valence-electron chi connectivity index (χ1n) is 7.20. The highest BCUT2D eigenvalue weighted by Crippen LogP contribution is 2.34. The standard InChI is InChI=1S/C18H23N/c1-3-4-12-18(2)13-10-17(11-14-18)19-15-16-8-6-5-7-9-16/h5-11,13,15H,3-4,12,14H2,1-2H3. The zero-order valence-corrected chi connectivity index (χ0v) is 12.0. The first-order valence-corrected chi connectivity index (χ1v) is 7.20.